The number of nitrogens with zero attached hydrogens (tertiary/aromatic N) is 1. The lowest BCUT2D eigenvalue weighted by Crippen LogP contribution is -2.27. The van der Waals surface area contributed by atoms with E-state index in [0.29, 0.717) is 22.7 Å². The number of methoxy groups -OCH3 is 1. The zero-order valence-electron chi connectivity index (χ0n) is 11.7. The molecule has 0 radical (unpaired) electrons. The summed E-state index contributed by atoms with van der Waals surface area (Å²) in [6, 6.07) is 0. The lowest BCUT2D eigenvalue weighted by Gasteiger charge is -2.19. The average Bonchev–Trinajstić information content (AvgIpc) is 2.68. The smallest absolute Gasteiger partial charge is 0.413 e. The van der Waals surface area contributed by atoms with Gasteiger partial charge in [-0.25, -0.2) is 9.59 Å². The Balaban J connectivity index is 2.88. The third-order valence-corrected chi connectivity index (χ3v) is 3.00. The lowest BCUT2D eigenvalue weighted by atomic mass is 10.2. The number of rotatable bonds is 3. The molecule has 1 aromatic heterocycles. The molecule has 106 valence electrons. The molecule has 0 aliphatic carbocycles. The van der Waals surface area contributed by atoms with Crippen molar-refractivity contribution in [3.05, 3.63) is 10.4 Å². The van der Waals surface area contributed by atoms with Crippen LogP contribution in [-0.4, -0.2) is 29.1 Å². The Morgan fingerprint density at radius 1 is 1.37 bits per heavy atom. The monoisotopic (exact) mass is 286 g/mol. The van der Waals surface area contributed by atoms with Crippen molar-refractivity contribution in [2.45, 2.75) is 39.7 Å². The lowest BCUT2D eigenvalue weighted by molar-refractivity contribution is 0.0600. The number of anilines is 1. The van der Waals surface area contributed by atoms with E-state index < -0.39 is 17.7 Å². The average molecular weight is 286 g/mol. The molecular weight excluding hydrogens is 268 g/mol. The molecule has 7 heteroatoms. The van der Waals surface area contributed by atoms with Crippen molar-refractivity contribution in [3.63, 3.8) is 0 Å². The molecule has 19 heavy (non-hydrogen) atoms. The van der Waals surface area contributed by atoms with E-state index in [1.54, 1.807) is 20.8 Å². The van der Waals surface area contributed by atoms with Gasteiger partial charge in [-0.3, -0.25) is 5.32 Å². The van der Waals surface area contributed by atoms with Crippen LogP contribution in [0.5, 0.6) is 0 Å². The molecule has 0 saturated heterocycles. The summed E-state index contributed by atoms with van der Waals surface area (Å²) in [5.74, 6) is -0.103. The van der Waals surface area contributed by atoms with Gasteiger partial charge in [0.1, 0.15) is 10.5 Å². The van der Waals surface area contributed by atoms with Gasteiger partial charge in [-0.05, 0) is 38.7 Å². The fourth-order valence-corrected chi connectivity index (χ4v) is 2.24. The van der Waals surface area contributed by atoms with Crippen molar-refractivity contribution in [1.29, 1.82) is 0 Å². The van der Waals surface area contributed by atoms with E-state index in [2.05, 4.69) is 14.4 Å². The van der Waals surface area contributed by atoms with E-state index in [0.717, 1.165) is 11.5 Å². The molecule has 1 rings (SSSR count). The highest BCUT2D eigenvalue weighted by Crippen LogP contribution is 2.25. The van der Waals surface area contributed by atoms with E-state index in [4.69, 9.17) is 4.74 Å². The minimum Gasteiger partial charge on any atom is -0.465 e. The van der Waals surface area contributed by atoms with Gasteiger partial charge in [0.15, 0.2) is 5.82 Å². The summed E-state index contributed by atoms with van der Waals surface area (Å²) in [6.45, 7) is 7.19. The standard InChI is InChI=1S/C12H18N2O4S/c1-6-7-8(10(15)17-5)19-14-9(7)13-11(16)18-12(2,3)4/h6H2,1-5H3,(H,13,14,16). The summed E-state index contributed by atoms with van der Waals surface area (Å²) in [5, 5.41) is 2.55. The van der Waals surface area contributed by atoms with Gasteiger partial charge in [0.05, 0.1) is 7.11 Å². The minimum atomic E-state index is -0.594. The first kappa shape index (κ1) is 15.4. The van der Waals surface area contributed by atoms with Crippen molar-refractivity contribution in [3.8, 4) is 0 Å². The largest absolute Gasteiger partial charge is 0.465 e. The second-order valence-corrected chi connectivity index (χ2v) is 5.58. The topological polar surface area (TPSA) is 77.5 Å². The predicted octanol–water partition coefficient (Wildman–Crippen LogP) is 2.84. The Kier molecular flexibility index (Phi) is 4.88. The van der Waals surface area contributed by atoms with E-state index in [1.165, 1.54) is 7.11 Å². The molecule has 6 nitrogen and oxygen atoms in total. The molecule has 1 heterocycles. The fourth-order valence-electron chi connectivity index (χ4n) is 1.39. The Labute approximate surface area is 116 Å². The summed E-state index contributed by atoms with van der Waals surface area (Å²) in [6.07, 6.45) is -0.0320. The van der Waals surface area contributed by atoms with E-state index in [9.17, 15) is 9.59 Å². The molecule has 0 unspecified atom stereocenters. The maximum Gasteiger partial charge on any atom is 0.413 e. The molecule has 0 spiro atoms. The molecule has 0 atom stereocenters. The van der Waals surface area contributed by atoms with Crippen molar-refractivity contribution < 1.29 is 19.1 Å². The first-order valence-electron chi connectivity index (χ1n) is 5.85. The molecule has 0 aliphatic heterocycles. The van der Waals surface area contributed by atoms with Crippen LogP contribution in [0.15, 0.2) is 0 Å². The molecule has 1 amide bonds. The third-order valence-electron chi connectivity index (χ3n) is 2.13. The number of hydrogen-bond acceptors (Lipinski definition) is 6. The number of aromatic nitrogens is 1. The molecule has 0 bridgehead atoms. The van der Waals surface area contributed by atoms with Gasteiger partial charge in [0.2, 0.25) is 0 Å². The number of carbonyl (C=O) groups is 2. The Bertz CT molecular complexity index is 477. The van der Waals surface area contributed by atoms with E-state index in [-0.39, 0.29) is 0 Å². The Morgan fingerprint density at radius 2 is 2.00 bits per heavy atom. The van der Waals surface area contributed by atoms with Gasteiger partial charge in [-0.1, -0.05) is 6.92 Å². The maximum absolute atomic E-state index is 11.7. The van der Waals surface area contributed by atoms with Crippen LogP contribution < -0.4 is 5.32 Å². The SMILES string of the molecule is CCc1c(NC(=O)OC(C)(C)C)nsc1C(=O)OC. The van der Waals surface area contributed by atoms with Crippen molar-refractivity contribution in [2.24, 2.45) is 0 Å². The number of carbonyl (C=O) groups excluding carboxylic acids is 2. The van der Waals surface area contributed by atoms with Gasteiger partial charge >= 0.3 is 12.1 Å². The van der Waals surface area contributed by atoms with E-state index >= 15 is 0 Å². The van der Waals surface area contributed by atoms with Crippen LogP contribution in [-0.2, 0) is 15.9 Å². The third kappa shape index (κ3) is 4.20. The van der Waals surface area contributed by atoms with Crippen LogP contribution in [0.2, 0.25) is 0 Å². The first-order chi connectivity index (χ1) is 8.78. The number of esters is 1. The van der Waals surface area contributed by atoms with Gasteiger partial charge < -0.3 is 9.47 Å². The summed E-state index contributed by atoms with van der Waals surface area (Å²) in [4.78, 5) is 23.6. The quantitative estimate of drug-likeness (QED) is 0.864. The van der Waals surface area contributed by atoms with Gasteiger partial charge in [-0.2, -0.15) is 4.37 Å². The molecular formula is C12H18N2O4S. The number of hydrogen-bond donors (Lipinski definition) is 1. The van der Waals surface area contributed by atoms with Crippen LogP contribution >= 0.6 is 11.5 Å². The van der Waals surface area contributed by atoms with Crippen LogP contribution in [0.1, 0.15) is 42.9 Å². The zero-order valence-corrected chi connectivity index (χ0v) is 12.5. The van der Waals surface area contributed by atoms with Crippen LogP contribution in [0.25, 0.3) is 0 Å². The van der Waals surface area contributed by atoms with E-state index in [1.807, 2.05) is 6.92 Å². The first-order valence-corrected chi connectivity index (χ1v) is 6.62. The summed E-state index contributed by atoms with van der Waals surface area (Å²) >= 11 is 0.999. The molecule has 1 N–H and O–H groups in total. The maximum atomic E-state index is 11.7. The molecule has 0 aromatic carbocycles. The highest BCUT2D eigenvalue weighted by atomic mass is 32.1. The normalized spacial score (nSPS) is 11.0. The fraction of sp³-hybridized carbons (Fsp3) is 0.583. The molecule has 0 aliphatic rings. The summed E-state index contributed by atoms with van der Waals surface area (Å²) in [5.41, 5.74) is 0.0696. The van der Waals surface area contributed by atoms with Crippen LogP contribution in [0.3, 0.4) is 0 Å². The predicted molar refractivity (Wildman–Crippen MR) is 72.7 cm³/mol. The highest BCUT2D eigenvalue weighted by molar-refractivity contribution is 7.08. The van der Waals surface area contributed by atoms with Crippen molar-refractivity contribution >= 4 is 29.4 Å². The number of ether oxygens (including phenoxy) is 2. The van der Waals surface area contributed by atoms with Gasteiger partial charge in [-0.15, -0.1) is 0 Å². The second-order valence-electron chi connectivity index (χ2n) is 4.81. The van der Waals surface area contributed by atoms with Gasteiger partial charge in [0.25, 0.3) is 0 Å². The minimum absolute atomic E-state index is 0.349. The Morgan fingerprint density at radius 3 is 2.47 bits per heavy atom. The summed E-state index contributed by atoms with van der Waals surface area (Å²) < 4.78 is 13.9. The number of amides is 1. The van der Waals surface area contributed by atoms with Crippen molar-refractivity contribution in [2.75, 3.05) is 12.4 Å². The van der Waals surface area contributed by atoms with Crippen LogP contribution in [0.4, 0.5) is 10.6 Å². The molecule has 0 saturated carbocycles. The second kappa shape index (κ2) is 6.01. The Hall–Kier alpha value is -1.63. The molecule has 0 fully saturated rings. The van der Waals surface area contributed by atoms with Gasteiger partial charge in [0, 0.05) is 5.56 Å². The zero-order chi connectivity index (χ0) is 14.6. The number of nitrogens with one attached hydrogen (secondary N) is 1. The highest BCUT2D eigenvalue weighted by Gasteiger charge is 2.22. The van der Waals surface area contributed by atoms with Crippen LogP contribution in [0, 0.1) is 0 Å². The summed E-state index contributed by atoms with van der Waals surface area (Å²) in [7, 11) is 1.31. The molecule has 1 aromatic rings. The van der Waals surface area contributed by atoms with Crippen molar-refractivity contribution in [1.82, 2.24) is 4.37 Å².